The third kappa shape index (κ3) is 8.23. The van der Waals surface area contributed by atoms with Crippen LogP contribution in [0.25, 0.3) is 0 Å². The van der Waals surface area contributed by atoms with Crippen LogP contribution in [0.5, 0.6) is 0 Å². The van der Waals surface area contributed by atoms with Gasteiger partial charge >= 0.3 is 5.97 Å². The van der Waals surface area contributed by atoms with Crippen LogP contribution in [0.1, 0.15) is 45.4 Å². The summed E-state index contributed by atoms with van der Waals surface area (Å²) < 4.78 is 0. The summed E-state index contributed by atoms with van der Waals surface area (Å²) in [5, 5.41) is 11.1. The first kappa shape index (κ1) is 14.9. The molecular weight excluding hydrogens is 208 g/mol. The van der Waals surface area contributed by atoms with E-state index in [9.17, 15) is 9.59 Å². The largest absolute Gasteiger partial charge is 0.481 e. The van der Waals surface area contributed by atoms with Gasteiger partial charge in [0.25, 0.3) is 0 Å². The number of hydrogen-bond acceptors (Lipinski definition) is 3. The van der Waals surface area contributed by atoms with Crippen molar-refractivity contribution >= 4 is 11.9 Å². The highest BCUT2D eigenvalue weighted by Gasteiger charge is 2.13. The van der Waals surface area contributed by atoms with Crippen LogP contribution in [-0.2, 0) is 9.59 Å². The van der Waals surface area contributed by atoms with Gasteiger partial charge in [-0.25, -0.2) is 0 Å². The van der Waals surface area contributed by atoms with E-state index < -0.39 is 12.0 Å². The zero-order chi connectivity index (χ0) is 12.4. The van der Waals surface area contributed by atoms with Gasteiger partial charge in [0, 0.05) is 13.0 Å². The van der Waals surface area contributed by atoms with Crippen molar-refractivity contribution in [2.75, 3.05) is 6.54 Å². The van der Waals surface area contributed by atoms with Crippen LogP contribution >= 0.6 is 0 Å². The van der Waals surface area contributed by atoms with Gasteiger partial charge in [-0.05, 0) is 12.8 Å². The normalized spacial score (nSPS) is 12.1. The highest BCUT2D eigenvalue weighted by molar-refractivity contribution is 5.82. The molecule has 0 aliphatic rings. The predicted molar refractivity (Wildman–Crippen MR) is 62.0 cm³/mol. The lowest BCUT2D eigenvalue weighted by molar-refractivity contribution is -0.137. The first-order valence-electron chi connectivity index (χ1n) is 5.83. The summed E-state index contributed by atoms with van der Waals surface area (Å²) >= 11 is 0. The number of carbonyl (C=O) groups excluding carboxylic acids is 1. The molecule has 0 radical (unpaired) electrons. The zero-order valence-corrected chi connectivity index (χ0v) is 9.87. The summed E-state index contributed by atoms with van der Waals surface area (Å²) in [6.45, 7) is 2.75. The van der Waals surface area contributed by atoms with Gasteiger partial charge in [-0.3, -0.25) is 9.59 Å². The highest BCUT2D eigenvalue weighted by Crippen LogP contribution is 1.98. The number of hydrogen-bond donors (Lipinski definition) is 3. The second kappa shape index (κ2) is 9.15. The smallest absolute Gasteiger partial charge is 0.303 e. The number of carbonyl (C=O) groups is 2. The van der Waals surface area contributed by atoms with Crippen LogP contribution in [0, 0.1) is 0 Å². The van der Waals surface area contributed by atoms with Gasteiger partial charge in [0.15, 0.2) is 0 Å². The molecule has 0 aromatic carbocycles. The lowest BCUT2D eigenvalue weighted by Gasteiger charge is -2.10. The van der Waals surface area contributed by atoms with Gasteiger partial charge in [-0.15, -0.1) is 0 Å². The van der Waals surface area contributed by atoms with Crippen LogP contribution in [0.15, 0.2) is 0 Å². The molecule has 0 saturated heterocycles. The minimum Gasteiger partial charge on any atom is -0.481 e. The Morgan fingerprint density at radius 3 is 2.56 bits per heavy atom. The molecule has 0 unspecified atom stereocenters. The maximum atomic E-state index is 11.4. The van der Waals surface area contributed by atoms with Gasteiger partial charge in [0.2, 0.25) is 5.91 Å². The van der Waals surface area contributed by atoms with Crippen LogP contribution in [0.3, 0.4) is 0 Å². The number of nitrogens with two attached hydrogens (primary N) is 1. The molecule has 0 aromatic heterocycles. The van der Waals surface area contributed by atoms with Crippen molar-refractivity contribution in [3.05, 3.63) is 0 Å². The first-order valence-corrected chi connectivity index (χ1v) is 5.83. The van der Waals surface area contributed by atoms with E-state index in [0.29, 0.717) is 6.54 Å². The first-order chi connectivity index (χ1) is 7.57. The van der Waals surface area contributed by atoms with Gasteiger partial charge in [-0.1, -0.05) is 26.2 Å². The molecule has 0 spiro atoms. The van der Waals surface area contributed by atoms with E-state index in [0.717, 1.165) is 19.3 Å². The molecule has 0 aliphatic heterocycles. The van der Waals surface area contributed by atoms with Crippen LogP contribution in [-0.4, -0.2) is 29.6 Å². The summed E-state index contributed by atoms with van der Waals surface area (Å²) in [6, 6.07) is -0.706. The molecule has 1 amide bonds. The number of carboxylic acid groups (broad SMARTS) is 1. The van der Waals surface area contributed by atoms with E-state index in [1.807, 2.05) is 0 Å². The number of nitrogens with one attached hydrogen (secondary N) is 1. The average Bonchev–Trinajstić information content (AvgIpc) is 2.25. The monoisotopic (exact) mass is 230 g/mol. The van der Waals surface area contributed by atoms with Gasteiger partial charge in [0.05, 0.1) is 6.04 Å². The molecule has 16 heavy (non-hydrogen) atoms. The van der Waals surface area contributed by atoms with Crippen molar-refractivity contribution in [3.8, 4) is 0 Å². The summed E-state index contributed by atoms with van der Waals surface area (Å²) in [6.07, 6.45) is 4.50. The molecule has 0 rings (SSSR count). The quantitative estimate of drug-likeness (QED) is 0.512. The Balaban J connectivity index is 3.51. The van der Waals surface area contributed by atoms with Gasteiger partial charge in [-0.2, -0.15) is 0 Å². The fourth-order valence-electron chi connectivity index (χ4n) is 1.30. The van der Waals surface area contributed by atoms with Crippen molar-refractivity contribution in [1.82, 2.24) is 5.32 Å². The van der Waals surface area contributed by atoms with Crippen molar-refractivity contribution in [2.45, 2.75) is 51.5 Å². The third-order valence-electron chi connectivity index (χ3n) is 2.34. The molecule has 5 nitrogen and oxygen atoms in total. The Bertz CT molecular complexity index is 219. The van der Waals surface area contributed by atoms with Crippen molar-refractivity contribution < 1.29 is 14.7 Å². The van der Waals surface area contributed by atoms with E-state index in [1.54, 1.807) is 0 Å². The third-order valence-corrected chi connectivity index (χ3v) is 2.34. The van der Waals surface area contributed by atoms with Gasteiger partial charge < -0.3 is 16.2 Å². The van der Waals surface area contributed by atoms with E-state index >= 15 is 0 Å². The Kier molecular flexibility index (Phi) is 8.52. The molecule has 4 N–H and O–H groups in total. The Morgan fingerprint density at radius 1 is 1.31 bits per heavy atom. The molecule has 0 fully saturated rings. The maximum Gasteiger partial charge on any atom is 0.303 e. The zero-order valence-electron chi connectivity index (χ0n) is 9.87. The minimum absolute atomic E-state index is 0.0651. The Morgan fingerprint density at radius 2 is 2.00 bits per heavy atom. The number of carboxylic acids is 1. The summed E-state index contributed by atoms with van der Waals surface area (Å²) in [7, 11) is 0. The van der Waals surface area contributed by atoms with Gasteiger partial charge in [0.1, 0.15) is 0 Å². The predicted octanol–water partition coefficient (Wildman–Crippen LogP) is 0.875. The molecule has 0 aromatic rings. The standard InChI is InChI=1S/C11H22N2O3/c1-2-3-4-5-8-13-11(16)9(12)6-7-10(14)15/h9H,2-8,12H2,1H3,(H,13,16)(H,14,15)/t9-/m0/s1. The molecule has 0 saturated carbocycles. The van der Waals surface area contributed by atoms with E-state index in [1.165, 1.54) is 6.42 Å². The van der Waals surface area contributed by atoms with E-state index in [-0.39, 0.29) is 18.7 Å². The van der Waals surface area contributed by atoms with Crippen LogP contribution in [0.2, 0.25) is 0 Å². The Hall–Kier alpha value is -1.10. The number of rotatable bonds is 9. The second-order valence-electron chi connectivity index (χ2n) is 3.89. The molecule has 0 heterocycles. The number of aliphatic carboxylic acids is 1. The number of unbranched alkanes of at least 4 members (excludes halogenated alkanes) is 3. The average molecular weight is 230 g/mol. The lowest BCUT2D eigenvalue weighted by Crippen LogP contribution is -2.41. The molecular formula is C11H22N2O3. The van der Waals surface area contributed by atoms with Crippen molar-refractivity contribution in [1.29, 1.82) is 0 Å². The van der Waals surface area contributed by atoms with Crippen LogP contribution < -0.4 is 11.1 Å². The van der Waals surface area contributed by atoms with E-state index in [2.05, 4.69) is 12.2 Å². The van der Waals surface area contributed by atoms with Crippen molar-refractivity contribution in [2.24, 2.45) is 5.73 Å². The molecule has 0 aliphatic carbocycles. The molecule has 94 valence electrons. The fourth-order valence-corrected chi connectivity index (χ4v) is 1.30. The topological polar surface area (TPSA) is 92.4 Å². The molecule has 0 bridgehead atoms. The summed E-state index contributed by atoms with van der Waals surface area (Å²) in [5.74, 6) is -1.18. The molecule has 1 atom stereocenters. The lowest BCUT2D eigenvalue weighted by atomic mass is 10.1. The van der Waals surface area contributed by atoms with Crippen LogP contribution in [0.4, 0.5) is 0 Å². The highest BCUT2D eigenvalue weighted by atomic mass is 16.4. The summed E-state index contributed by atoms with van der Waals surface area (Å²) in [5.41, 5.74) is 5.53. The fraction of sp³-hybridized carbons (Fsp3) is 0.818. The minimum atomic E-state index is -0.925. The SMILES string of the molecule is CCCCCCNC(=O)[C@@H](N)CCC(=O)O. The summed E-state index contributed by atoms with van der Waals surface area (Å²) in [4.78, 5) is 21.6. The van der Waals surface area contributed by atoms with E-state index in [4.69, 9.17) is 10.8 Å². The number of amides is 1. The van der Waals surface area contributed by atoms with Crippen molar-refractivity contribution in [3.63, 3.8) is 0 Å². The Labute approximate surface area is 96.4 Å². The second-order valence-corrected chi connectivity index (χ2v) is 3.89. The maximum absolute atomic E-state index is 11.4. The molecule has 5 heteroatoms.